The Morgan fingerprint density at radius 3 is 2.67 bits per heavy atom. The van der Waals surface area contributed by atoms with Gasteiger partial charge in [0.1, 0.15) is 5.71 Å². The third-order valence-electron chi connectivity index (χ3n) is 1.05. The van der Waals surface area contributed by atoms with Crippen molar-refractivity contribution < 1.29 is 0 Å². The van der Waals surface area contributed by atoms with Crippen molar-refractivity contribution in [1.29, 1.82) is 5.41 Å². The van der Waals surface area contributed by atoms with Crippen molar-refractivity contribution in [3.63, 3.8) is 0 Å². The van der Waals surface area contributed by atoms with Gasteiger partial charge in [0, 0.05) is 0 Å². The molecule has 0 saturated carbocycles. The fourth-order valence-corrected chi connectivity index (χ4v) is 0.529. The zero-order valence-electron chi connectivity index (χ0n) is 5.70. The molecule has 0 radical (unpaired) electrons. The van der Waals surface area contributed by atoms with E-state index < -0.39 is 0 Å². The fraction of sp³-hybridized carbons (Fsp3) is 0.375. The summed E-state index contributed by atoms with van der Waals surface area (Å²) in [6.07, 6.45) is 6.81. The van der Waals surface area contributed by atoms with Crippen molar-refractivity contribution in [2.24, 2.45) is 0 Å². The van der Waals surface area contributed by atoms with Crippen LogP contribution in [0, 0.1) is 17.8 Å². The molecule has 0 heterocycles. The summed E-state index contributed by atoms with van der Waals surface area (Å²) in [7, 11) is 0. The summed E-state index contributed by atoms with van der Waals surface area (Å²) < 4.78 is 0. The topological polar surface area (TPSA) is 23.9 Å². The van der Waals surface area contributed by atoms with Gasteiger partial charge in [-0.15, -0.1) is 6.42 Å². The summed E-state index contributed by atoms with van der Waals surface area (Å²) in [5.41, 5.74) is 0.997. The highest BCUT2D eigenvalue weighted by Crippen LogP contribution is 2.01. The van der Waals surface area contributed by atoms with E-state index in [2.05, 4.69) is 12.5 Å². The lowest BCUT2D eigenvalue weighted by Gasteiger charge is -1.96. The van der Waals surface area contributed by atoms with Crippen molar-refractivity contribution in [3.05, 3.63) is 12.2 Å². The summed E-state index contributed by atoms with van der Waals surface area (Å²) >= 11 is 0. The van der Waals surface area contributed by atoms with Crippen LogP contribution < -0.4 is 0 Å². The molecule has 0 aliphatic carbocycles. The average Bonchev–Trinajstić information content (AvgIpc) is 1.87. The lowest BCUT2D eigenvalue weighted by atomic mass is 10.1. The molecule has 0 unspecified atom stereocenters. The molecule has 0 bridgehead atoms. The highest BCUT2D eigenvalue weighted by Gasteiger charge is 1.94. The van der Waals surface area contributed by atoms with E-state index >= 15 is 0 Å². The van der Waals surface area contributed by atoms with Crippen molar-refractivity contribution in [2.45, 2.75) is 19.8 Å². The van der Waals surface area contributed by atoms with Gasteiger partial charge in [-0.25, -0.2) is 0 Å². The van der Waals surface area contributed by atoms with E-state index in [1.807, 2.05) is 6.92 Å². The van der Waals surface area contributed by atoms with Gasteiger partial charge in [-0.3, -0.25) is 5.41 Å². The fourth-order valence-electron chi connectivity index (χ4n) is 0.529. The first kappa shape index (κ1) is 7.97. The van der Waals surface area contributed by atoms with Crippen LogP contribution in [-0.4, -0.2) is 5.71 Å². The van der Waals surface area contributed by atoms with E-state index in [1.165, 1.54) is 0 Å². The predicted molar refractivity (Wildman–Crippen MR) is 40.6 cm³/mol. The van der Waals surface area contributed by atoms with Crippen molar-refractivity contribution in [3.8, 4) is 12.3 Å². The molecule has 9 heavy (non-hydrogen) atoms. The molecule has 0 rings (SSSR count). The Labute approximate surface area is 56.3 Å². The summed E-state index contributed by atoms with van der Waals surface area (Å²) in [6.45, 7) is 5.68. The number of hydrogen-bond acceptors (Lipinski definition) is 1. The van der Waals surface area contributed by atoms with Gasteiger partial charge < -0.3 is 0 Å². The van der Waals surface area contributed by atoms with Gasteiger partial charge in [0.15, 0.2) is 0 Å². The van der Waals surface area contributed by atoms with Crippen LogP contribution in [0.5, 0.6) is 0 Å². The van der Waals surface area contributed by atoms with Gasteiger partial charge in [0.25, 0.3) is 0 Å². The molecule has 0 atom stereocenters. The van der Waals surface area contributed by atoms with Gasteiger partial charge in [0.05, 0.1) is 0 Å². The van der Waals surface area contributed by atoms with Crippen molar-refractivity contribution >= 4 is 5.71 Å². The van der Waals surface area contributed by atoms with Gasteiger partial charge in [-0.1, -0.05) is 25.8 Å². The van der Waals surface area contributed by atoms with E-state index in [0.717, 1.165) is 18.4 Å². The van der Waals surface area contributed by atoms with E-state index in [4.69, 9.17) is 11.8 Å². The minimum atomic E-state index is 0.233. The molecule has 48 valence electrons. The van der Waals surface area contributed by atoms with Gasteiger partial charge in [-0.2, -0.15) is 0 Å². The lowest BCUT2D eigenvalue weighted by Crippen LogP contribution is -1.94. The predicted octanol–water partition coefficient (Wildman–Crippen LogP) is 2.00. The van der Waals surface area contributed by atoms with E-state index in [0.29, 0.717) is 0 Å². The molecular weight excluding hydrogens is 110 g/mol. The Kier molecular flexibility index (Phi) is 3.46. The molecule has 1 heteroatoms. The Hall–Kier alpha value is -1.03. The number of rotatable bonds is 3. The summed E-state index contributed by atoms with van der Waals surface area (Å²) in [6, 6.07) is 0. The van der Waals surface area contributed by atoms with Crippen LogP contribution in [0.2, 0.25) is 0 Å². The largest absolute Gasteiger partial charge is 0.292 e. The van der Waals surface area contributed by atoms with Gasteiger partial charge in [-0.05, 0) is 12.0 Å². The normalized spacial score (nSPS) is 8.00. The minimum absolute atomic E-state index is 0.233. The van der Waals surface area contributed by atoms with Crippen LogP contribution in [-0.2, 0) is 0 Å². The average molecular weight is 121 g/mol. The molecule has 1 N–H and O–H groups in total. The quantitative estimate of drug-likeness (QED) is 0.436. The zero-order chi connectivity index (χ0) is 7.28. The van der Waals surface area contributed by atoms with E-state index in [1.54, 1.807) is 0 Å². The molecule has 0 aliphatic heterocycles. The van der Waals surface area contributed by atoms with E-state index in [-0.39, 0.29) is 5.71 Å². The van der Waals surface area contributed by atoms with E-state index in [9.17, 15) is 0 Å². The van der Waals surface area contributed by atoms with Crippen LogP contribution in [0.15, 0.2) is 12.2 Å². The first-order valence-electron chi connectivity index (χ1n) is 2.95. The second-order valence-corrected chi connectivity index (χ2v) is 1.87. The number of hydrogen-bond donors (Lipinski definition) is 1. The third-order valence-corrected chi connectivity index (χ3v) is 1.05. The molecule has 0 fully saturated rings. The summed E-state index contributed by atoms with van der Waals surface area (Å²) in [4.78, 5) is 0. The maximum atomic E-state index is 7.11. The molecule has 0 aromatic carbocycles. The van der Waals surface area contributed by atoms with Crippen LogP contribution >= 0.6 is 0 Å². The SMILES string of the molecule is C#CC(=N)C(=C)CCC. The third kappa shape index (κ3) is 2.71. The molecule has 0 amide bonds. The van der Waals surface area contributed by atoms with Crippen molar-refractivity contribution in [2.75, 3.05) is 0 Å². The van der Waals surface area contributed by atoms with Crippen LogP contribution in [0.25, 0.3) is 0 Å². The summed E-state index contributed by atoms with van der Waals surface area (Å²) in [5, 5.41) is 7.11. The van der Waals surface area contributed by atoms with Crippen LogP contribution in [0.4, 0.5) is 0 Å². The smallest absolute Gasteiger partial charge is 0.106 e. The Morgan fingerprint density at radius 2 is 2.33 bits per heavy atom. The maximum Gasteiger partial charge on any atom is 0.106 e. The molecular formula is C8H11N. The molecule has 0 saturated heterocycles. The van der Waals surface area contributed by atoms with Crippen molar-refractivity contribution in [1.82, 2.24) is 0 Å². The summed E-state index contributed by atoms with van der Waals surface area (Å²) in [5.74, 6) is 2.23. The number of nitrogens with one attached hydrogen (secondary N) is 1. The first-order valence-corrected chi connectivity index (χ1v) is 2.95. The lowest BCUT2D eigenvalue weighted by molar-refractivity contribution is 0.939. The molecule has 0 aliphatic rings. The molecule has 1 nitrogen and oxygen atoms in total. The second-order valence-electron chi connectivity index (χ2n) is 1.87. The Bertz CT molecular complexity index is 160. The zero-order valence-corrected chi connectivity index (χ0v) is 5.70. The first-order chi connectivity index (χ1) is 4.22. The number of terminal acetylenes is 1. The van der Waals surface area contributed by atoms with Gasteiger partial charge >= 0.3 is 0 Å². The second kappa shape index (κ2) is 3.91. The van der Waals surface area contributed by atoms with Crippen LogP contribution in [0.1, 0.15) is 19.8 Å². The Morgan fingerprint density at radius 1 is 1.78 bits per heavy atom. The standard InChI is InChI=1S/C8H11N/c1-4-6-7(3)8(9)5-2/h2,9H,3-4,6H2,1H3. The highest BCUT2D eigenvalue weighted by atomic mass is 14.4. The molecule has 0 spiro atoms. The van der Waals surface area contributed by atoms with Gasteiger partial charge in [0.2, 0.25) is 0 Å². The minimum Gasteiger partial charge on any atom is -0.292 e. The molecule has 0 aromatic rings. The maximum absolute atomic E-state index is 7.11. The highest BCUT2D eigenvalue weighted by molar-refractivity contribution is 6.09. The number of allylic oxidation sites excluding steroid dienone is 1. The Balaban J connectivity index is 3.78. The molecule has 0 aromatic heterocycles. The van der Waals surface area contributed by atoms with Crippen LogP contribution in [0.3, 0.4) is 0 Å². The monoisotopic (exact) mass is 121 g/mol.